The highest BCUT2D eigenvalue weighted by Crippen LogP contribution is 2.08. The van der Waals surface area contributed by atoms with Gasteiger partial charge in [0.25, 0.3) is 0 Å². The summed E-state index contributed by atoms with van der Waals surface area (Å²) in [6, 6.07) is 2.12. The smallest absolute Gasteiger partial charge is 0.222 e. The highest BCUT2D eigenvalue weighted by Gasteiger charge is 2.07. The van der Waals surface area contributed by atoms with Crippen molar-refractivity contribution < 1.29 is 4.79 Å². The number of amides is 1. The summed E-state index contributed by atoms with van der Waals surface area (Å²) in [5.41, 5.74) is 1.28. The van der Waals surface area contributed by atoms with Crippen molar-refractivity contribution in [1.29, 1.82) is 0 Å². The largest absolute Gasteiger partial charge is 0.357 e. The Hall–Kier alpha value is -1.56. The Morgan fingerprint density at radius 1 is 1.43 bits per heavy atom. The summed E-state index contributed by atoms with van der Waals surface area (Å²) in [5.74, 6) is 0.952. The molecule has 0 aliphatic heterocycles. The predicted molar refractivity (Wildman–Crippen MR) is 89.6 cm³/mol. The molecule has 0 unspecified atom stereocenters. The minimum absolute atomic E-state index is 0.0171. The van der Waals surface area contributed by atoms with Crippen LogP contribution in [0.4, 0.5) is 0 Å². The number of nitrogens with one attached hydrogen (secondary N) is 2. The molecule has 118 valence electrons. The Labute approximate surface area is 131 Å². The summed E-state index contributed by atoms with van der Waals surface area (Å²) in [7, 11) is 2.02. The summed E-state index contributed by atoms with van der Waals surface area (Å²) in [6.45, 7) is 8.62. The minimum Gasteiger partial charge on any atom is -0.357 e. The Bertz CT molecular complexity index is 443. The second-order valence-electron chi connectivity index (χ2n) is 5.17. The van der Waals surface area contributed by atoms with E-state index < -0.39 is 0 Å². The molecule has 0 radical (unpaired) electrons. The van der Waals surface area contributed by atoms with Gasteiger partial charge in [-0.25, -0.2) is 0 Å². The van der Waals surface area contributed by atoms with E-state index in [1.54, 1.807) is 11.3 Å². The number of carbonyl (C=O) groups is 1. The van der Waals surface area contributed by atoms with Crippen LogP contribution in [0.3, 0.4) is 0 Å². The van der Waals surface area contributed by atoms with Crippen molar-refractivity contribution in [1.82, 2.24) is 15.5 Å². The quantitative estimate of drug-likeness (QED) is 0.459. The SMILES string of the molecule is CCNC(=NCCNC(=O)C(C)C)N(C)Cc1ccsc1. The van der Waals surface area contributed by atoms with Gasteiger partial charge in [-0.2, -0.15) is 11.3 Å². The van der Waals surface area contributed by atoms with Crippen molar-refractivity contribution in [3.05, 3.63) is 22.4 Å². The molecule has 0 fully saturated rings. The number of thiophene rings is 1. The van der Waals surface area contributed by atoms with Gasteiger partial charge in [0, 0.05) is 32.6 Å². The third kappa shape index (κ3) is 6.62. The molecule has 1 rings (SSSR count). The maximum atomic E-state index is 11.5. The molecular weight excluding hydrogens is 284 g/mol. The number of rotatable bonds is 7. The lowest BCUT2D eigenvalue weighted by Crippen LogP contribution is -2.39. The molecule has 1 heterocycles. The fraction of sp³-hybridized carbons (Fsp3) is 0.600. The van der Waals surface area contributed by atoms with E-state index in [-0.39, 0.29) is 11.8 Å². The van der Waals surface area contributed by atoms with Gasteiger partial charge in [0.05, 0.1) is 6.54 Å². The lowest BCUT2D eigenvalue weighted by molar-refractivity contribution is -0.123. The van der Waals surface area contributed by atoms with Crippen LogP contribution < -0.4 is 10.6 Å². The zero-order valence-corrected chi connectivity index (χ0v) is 14.2. The van der Waals surface area contributed by atoms with Crippen molar-refractivity contribution in [2.45, 2.75) is 27.3 Å². The number of hydrogen-bond acceptors (Lipinski definition) is 3. The third-order valence-corrected chi connectivity index (χ3v) is 3.63. The van der Waals surface area contributed by atoms with Crippen molar-refractivity contribution >= 4 is 23.2 Å². The summed E-state index contributed by atoms with van der Waals surface area (Å²) in [6.07, 6.45) is 0. The molecule has 5 nitrogen and oxygen atoms in total. The monoisotopic (exact) mass is 310 g/mol. The molecule has 0 saturated carbocycles. The van der Waals surface area contributed by atoms with Gasteiger partial charge in [0.2, 0.25) is 5.91 Å². The first kappa shape index (κ1) is 17.5. The van der Waals surface area contributed by atoms with E-state index in [1.165, 1.54) is 5.56 Å². The molecule has 0 spiro atoms. The van der Waals surface area contributed by atoms with Gasteiger partial charge in [0.15, 0.2) is 5.96 Å². The van der Waals surface area contributed by atoms with E-state index in [0.717, 1.165) is 19.0 Å². The minimum atomic E-state index is 0.0171. The van der Waals surface area contributed by atoms with E-state index in [9.17, 15) is 4.79 Å². The average Bonchev–Trinajstić information content (AvgIpc) is 2.94. The predicted octanol–water partition coefficient (Wildman–Crippen LogP) is 1.92. The van der Waals surface area contributed by atoms with E-state index >= 15 is 0 Å². The van der Waals surface area contributed by atoms with Crippen LogP contribution in [0.25, 0.3) is 0 Å². The van der Waals surface area contributed by atoms with Gasteiger partial charge >= 0.3 is 0 Å². The van der Waals surface area contributed by atoms with Gasteiger partial charge in [-0.3, -0.25) is 9.79 Å². The second kappa shape index (κ2) is 9.39. The highest BCUT2D eigenvalue weighted by molar-refractivity contribution is 7.07. The number of nitrogens with zero attached hydrogens (tertiary/aromatic N) is 2. The van der Waals surface area contributed by atoms with Gasteiger partial charge in [0.1, 0.15) is 0 Å². The van der Waals surface area contributed by atoms with Crippen LogP contribution in [-0.4, -0.2) is 43.4 Å². The number of carbonyl (C=O) groups excluding carboxylic acids is 1. The van der Waals surface area contributed by atoms with Crippen LogP contribution >= 0.6 is 11.3 Å². The Kier molecular flexibility index (Phi) is 7.82. The van der Waals surface area contributed by atoms with Gasteiger partial charge in [-0.05, 0) is 29.3 Å². The van der Waals surface area contributed by atoms with Gasteiger partial charge < -0.3 is 15.5 Å². The van der Waals surface area contributed by atoms with Gasteiger partial charge in [-0.1, -0.05) is 13.8 Å². The normalized spacial score (nSPS) is 11.6. The number of aliphatic imine (C=N–C) groups is 1. The summed E-state index contributed by atoms with van der Waals surface area (Å²) in [4.78, 5) is 18.1. The molecule has 0 aromatic carbocycles. The molecular formula is C15H26N4OS. The number of hydrogen-bond donors (Lipinski definition) is 2. The molecule has 1 aromatic heterocycles. The molecule has 0 aliphatic carbocycles. The van der Waals surface area contributed by atoms with Crippen molar-refractivity contribution in [2.75, 3.05) is 26.7 Å². The zero-order valence-electron chi connectivity index (χ0n) is 13.3. The average molecular weight is 310 g/mol. The van der Waals surface area contributed by atoms with Crippen LogP contribution in [0.1, 0.15) is 26.3 Å². The molecule has 1 aromatic rings. The lowest BCUT2D eigenvalue weighted by Gasteiger charge is -2.21. The lowest BCUT2D eigenvalue weighted by atomic mass is 10.2. The van der Waals surface area contributed by atoms with Crippen molar-refractivity contribution in [2.24, 2.45) is 10.9 Å². The molecule has 1 amide bonds. The first-order valence-corrected chi connectivity index (χ1v) is 8.27. The molecule has 2 N–H and O–H groups in total. The van der Waals surface area contributed by atoms with Crippen molar-refractivity contribution in [3.8, 4) is 0 Å². The summed E-state index contributed by atoms with van der Waals surface area (Å²) in [5, 5.41) is 10.4. The van der Waals surface area contributed by atoms with E-state index in [0.29, 0.717) is 13.1 Å². The van der Waals surface area contributed by atoms with Crippen LogP contribution in [-0.2, 0) is 11.3 Å². The first-order chi connectivity index (χ1) is 10.0. The fourth-order valence-corrected chi connectivity index (χ4v) is 2.41. The van der Waals surface area contributed by atoms with Gasteiger partial charge in [-0.15, -0.1) is 0 Å². The van der Waals surface area contributed by atoms with Crippen LogP contribution in [0.15, 0.2) is 21.8 Å². The van der Waals surface area contributed by atoms with Crippen LogP contribution in [0.5, 0.6) is 0 Å². The molecule has 21 heavy (non-hydrogen) atoms. The van der Waals surface area contributed by atoms with E-state index in [2.05, 4.69) is 44.3 Å². The van der Waals surface area contributed by atoms with Crippen molar-refractivity contribution in [3.63, 3.8) is 0 Å². The maximum absolute atomic E-state index is 11.5. The topological polar surface area (TPSA) is 56.7 Å². The third-order valence-electron chi connectivity index (χ3n) is 2.89. The highest BCUT2D eigenvalue weighted by atomic mass is 32.1. The van der Waals surface area contributed by atoms with E-state index in [1.807, 2.05) is 20.9 Å². The van der Waals surface area contributed by atoms with E-state index in [4.69, 9.17) is 0 Å². The Balaban J connectivity index is 2.47. The molecule has 0 aliphatic rings. The Morgan fingerprint density at radius 3 is 2.76 bits per heavy atom. The molecule has 0 atom stereocenters. The van der Waals surface area contributed by atoms with Crippen LogP contribution in [0.2, 0.25) is 0 Å². The summed E-state index contributed by atoms with van der Waals surface area (Å²) >= 11 is 1.70. The molecule has 0 saturated heterocycles. The molecule has 0 bridgehead atoms. The first-order valence-electron chi connectivity index (χ1n) is 7.32. The van der Waals surface area contributed by atoms with Crippen LogP contribution in [0, 0.1) is 5.92 Å². The maximum Gasteiger partial charge on any atom is 0.222 e. The summed E-state index contributed by atoms with van der Waals surface area (Å²) < 4.78 is 0. The standard InChI is InChI=1S/C15H26N4OS/c1-5-16-15(18-8-7-17-14(20)12(2)3)19(4)10-13-6-9-21-11-13/h6,9,11-12H,5,7-8,10H2,1-4H3,(H,16,18)(H,17,20). The Morgan fingerprint density at radius 2 is 2.19 bits per heavy atom. The second-order valence-corrected chi connectivity index (χ2v) is 5.95. The fourth-order valence-electron chi connectivity index (χ4n) is 1.75. The number of guanidine groups is 1. The zero-order chi connectivity index (χ0) is 15.7. The molecule has 6 heteroatoms.